The quantitative estimate of drug-likeness (QED) is 0.580. The number of ether oxygens (including phenoxy) is 3. The molecule has 0 unspecified atom stereocenters. The highest BCUT2D eigenvalue weighted by atomic mass is 16.7. The summed E-state index contributed by atoms with van der Waals surface area (Å²) in [6, 6.07) is -0.488. The summed E-state index contributed by atoms with van der Waals surface area (Å²) in [5, 5.41) is 4.92. The van der Waals surface area contributed by atoms with Gasteiger partial charge in [-0.1, -0.05) is 0 Å². The van der Waals surface area contributed by atoms with Gasteiger partial charge in [0.25, 0.3) is 5.91 Å². The summed E-state index contributed by atoms with van der Waals surface area (Å²) in [7, 11) is 1.42. The van der Waals surface area contributed by atoms with Crippen molar-refractivity contribution in [1.82, 2.24) is 10.6 Å². The predicted octanol–water partition coefficient (Wildman–Crippen LogP) is 0.512. The van der Waals surface area contributed by atoms with Crippen LogP contribution in [0.25, 0.3) is 0 Å². The van der Waals surface area contributed by atoms with Gasteiger partial charge in [0.1, 0.15) is 0 Å². The zero-order chi connectivity index (χ0) is 14.8. The van der Waals surface area contributed by atoms with Gasteiger partial charge < -0.3 is 19.5 Å². The van der Waals surface area contributed by atoms with Gasteiger partial charge in [0, 0.05) is 18.0 Å². The van der Waals surface area contributed by atoms with Crippen molar-refractivity contribution in [3.8, 4) is 0 Å². The fraction of sp³-hybridized carbons (Fsp3) is 0.692. The Balaban J connectivity index is 1.70. The van der Waals surface area contributed by atoms with Crippen molar-refractivity contribution in [3.63, 3.8) is 0 Å². The van der Waals surface area contributed by atoms with E-state index >= 15 is 0 Å². The Labute approximate surface area is 117 Å². The normalized spacial score (nSPS) is 31.1. The largest absolute Gasteiger partial charge is 0.504 e. The lowest BCUT2D eigenvalue weighted by molar-refractivity contribution is -0.140. The zero-order valence-electron chi connectivity index (χ0n) is 11.8. The van der Waals surface area contributed by atoms with E-state index in [0.717, 1.165) is 12.5 Å². The Bertz CT molecular complexity index is 421. The highest BCUT2D eigenvalue weighted by Crippen LogP contribution is 2.40. The van der Waals surface area contributed by atoms with E-state index < -0.39 is 17.7 Å². The Morgan fingerprint density at radius 1 is 1.40 bits per heavy atom. The standard InChI is InChI=1S/C13H20N2O5/c1-13(2)19-7-10(20-13)8-6-9(8)14-12(17)15-11(16)4-5-18-3/h4-5,8-10H,6-7H2,1-3H3,(H2,14,15,16,17)/b5-4+/t8-,9+,10-/m1/s1. The van der Waals surface area contributed by atoms with Gasteiger partial charge in [0.2, 0.25) is 0 Å². The van der Waals surface area contributed by atoms with Gasteiger partial charge in [0.15, 0.2) is 5.79 Å². The Hall–Kier alpha value is -1.60. The molecule has 0 spiro atoms. The average molecular weight is 284 g/mol. The molecule has 1 saturated carbocycles. The molecule has 20 heavy (non-hydrogen) atoms. The van der Waals surface area contributed by atoms with E-state index in [1.807, 2.05) is 13.8 Å². The third-order valence-corrected chi connectivity index (χ3v) is 3.26. The first-order chi connectivity index (χ1) is 9.41. The van der Waals surface area contributed by atoms with Crippen molar-refractivity contribution >= 4 is 11.9 Å². The van der Waals surface area contributed by atoms with Gasteiger partial charge in [-0.3, -0.25) is 10.1 Å². The third kappa shape index (κ3) is 3.94. The molecule has 7 heteroatoms. The topological polar surface area (TPSA) is 85.9 Å². The number of hydrogen-bond donors (Lipinski definition) is 2. The molecule has 0 aromatic rings. The van der Waals surface area contributed by atoms with Gasteiger partial charge in [-0.25, -0.2) is 4.79 Å². The number of rotatable bonds is 4. The van der Waals surface area contributed by atoms with E-state index in [-0.39, 0.29) is 18.1 Å². The van der Waals surface area contributed by atoms with Crippen LogP contribution in [0.15, 0.2) is 12.3 Å². The molecule has 1 heterocycles. The van der Waals surface area contributed by atoms with E-state index in [0.29, 0.717) is 6.61 Å². The Morgan fingerprint density at radius 2 is 2.15 bits per heavy atom. The molecule has 2 N–H and O–H groups in total. The maximum absolute atomic E-state index is 11.6. The van der Waals surface area contributed by atoms with E-state index in [1.54, 1.807) is 0 Å². The third-order valence-electron chi connectivity index (χ3n) is 3.26. The first-order valence-corrected chi connectivity index (χ1v) is 6.54. The van der Waals surface area contributed by atoms with Crippen molar-refractivity contribution in [1.29, 1.82) is 0 Å². The molecule has 112 valence electrons. The highest BCUT2D eigenvalue weighted by molar-refractivity contribution is 6.00. The number of nitrogens with one attached hydrogen (secondary N) is 2. The van der Waals surface area contributed by atoms with Crippen LogP contribution in [-0.4, -0.2) is 43.6 Å². The molecule has 0 radical (unpaired) electrons. The van der Waals surface area contributed by atoms with Crippen molar-refractivity contribution < 1.29 is 23.8 Å². The smallest absolute Gasteiger partial charge is 0.321 e. The molecule has 7 nitrogen and oxygen atoms in total. The number of hydrogen-bond acceptors (Lipinski definition) is 5. The molecule has 1 aliphatic heterocycles. The van der Waals surface area contributed by atoms with Crippen LogP contribution < -0.4 is 10.6 Å². The fourth-order valence-electron chi connectivity index (χ4n) is 2.21. The Morgan fingerprint density at radius 3 is 2.75 bits per heavy atom. The minimum Gasteiger partial charge on any atom is -0.504 e. The minimum absolute atomic E-state index is 0.000566. The maximum atomic E-state index is 11.6. The number of amides is 3. The van der Waals surface area contributed by atoms with E-state index in [9.17, 15) is 9.59 Å². The highest BCUT2D eigenvalue weighted by Gasteiger charge is 2.49. The first-order valence-electron chi connectivity index (χ1n) is 6.54. The molecule has 0 bridgehead atoms. The summed E-state index contributed by atoms with van der Waals surface area (Å²) in [5.74, 6) is -0.837. The molecular formula is C13H20N2O5. The summed E-state index contributed by atoms with van der Waals surface area (Å²) < 4.78 is 15.8. The SMILES string of the molecule is CO/C=C/C(=O)NC(=O)N[C@H]1C[C@H]1[C@H]1COC(C)(C)O1. The summed E-state index contributed by atoms with van der Waals surface area (Å²) in [5.41, 5.74) is 0. The summed E-state index contributed by atoms with van der Waals surface area (Å²) in [4.78, 5) is 22.8. The molecule has 3 atom stereocenters. The molecule has 2 aliphatic rings. The van der Waals surface area contributed by atoms with E-state index in [4.69, 9.17) is 9.47 Å². The molecule has 0 aromatic heterocycles. The number of carbonyl (C=O) groups is 2. The predicted molar refractivity (Wildman–Crippen MR) is 69.6 cm³/mol. The van der Waals surface area contributed by atoms with Gasteiger partial charge in [-0.05, 0) is 20.3 Å². The number of urea groups is 1. The van der Waals surface area contributed by atoms with Crippen molar-refractivity contribution in [2.24, 2.45) is 5.92 Å². The lowest BCUT2D eigenvalue weighted by atomic mass is 10.2. The Kier molecular flexibility index (Phi) is 4.29. The molecule has 2 fully saturated rings. The van der Waals surface area contributed by atoms with Crippen molar-refractivity contribution in [2.75, 3.05) is 13.7 Å². The van der Waals surface area contributed by atoms with Gasteiger partial charge in [0.05, 0.1) is 26.1 Å². The van der Waals surface area contributed by atoms with Gasteiger partial charge in [-0.2, -0.15) is 0 Å². The van der Waals surface area contributed by atoms with Gasteiger partial charge >= 0.3 is 6.03 Å². The lowest BCUT2D eigenvalue weighted by Gasteiger charge is -2.17. The van der Waals surface area contributed by atoms with Gasteiger partial charge in [-0.15, -0.1) is 0 Å². The first kappa shape index (κ1) is 14.8. The summed E-state index contributed by atoms with van der Waals surface area (Å²) >= 11 is 0. The lowest BCUT2D eigenvalue weighted by Crippen LogP contribution is -2.41. The molecule has 0 aromatic carbocycles. The van der Waals surface area contributed by atoms with Crippen LogP contribution in [0.2, 0.25) is 0 Å². The van der Waals surface area contributed by atoms with Crippen LogP contribution >= 0.6 is 0 Å². The van der Waals surface area contributed by atoms with Crippen LogP contribution in [0.5, 0.6) is 0 Å². The van der Waals surface area contributed by atoms with Crippen LogP contribution in [0.1, 0.15) is 20.3 Å². The second-order valence-electron chi connectivity index (χ2n) is 5.37. The van der Waals surface area contributed by atoms with Crippen molar-refractivity contribution in [2.45, 2.75) is 38.2 Å². The second kappa shape index (κ2) is 5.80. The fourth-order valence-corrected chi connectivity index (χ4v) is 2.21. The number of carbonyl (C=O) groups excluding carboxylic acids is 2. The number of imide groups is 1. The average Bonchev–Trinajstić information content (AvgIpc) is 3.01. The van der Waals surface area contributed by atoms with Crippen LogP contribution in [0.3, 0.4) is 0 Å². The summed E-state index contributed by atoms with van der Waals surface area (Å²) in [6.45, 7) is 4.27. The molecule has 1 saturated heterocycles. The van der Waals surface area contributed by atoms with Crippen molar-refractivity contribution in [3.05, 3.63) is 12.3 Å². The van der Waals surface area contributed by atoms with Crippen LogP contribution in [-0.2, 0) is 19.0 Å². The monoisotopic (exact) mass is 284 g/mol. The zero-order valence-corrected chi connectivity index (χ0v) is 11.8. The van der Waals surface area contributed by atoms with E-state index in [2.05, 4.69) is 15.4 Å². The summed E-state index contributed by atoms with van der Waals surface area (Å²) in [6.07, 6.45) is 3.17. The molecule has 1 aliphatic carbocycles. The molecule has 3 amide bonds. The minimum atomic E-state index is -0.555. The molecule has 2 rings (SSSR count). The maximum Gasteiger partial charge on any atom is 0.321 e. The second-order valence-corrected chi connectivity index (χ2v) is 5.37. The molecular weight excluding hydrogens is 264 g/mol. The number of methoxy groups -OCH3 is 1. The van der Waals surface area contributed by atoms with E-state index in [1.165, 1.54) is 13.4 Å². The van der Waals surface area contributed by atoms with Crippen LogP contribution in [0.4, 0.5) is 4.79 Å². The van der Waals surface area contributed by atoms with Crippen LogP contribution in [0, 0.1) is 5.92 Å².